The summed E-state index contributed by atoms with van der Waals surface area (Å²) in [4.78, 5) is 13.1. The molecule has 0 bridgehead atoms. The summed E-state index contributed by atoms with van der Waals surface area (Å²) in [5.74, 6) is 0.338. The summed E-state index contributed by atoms with van der Waals surface area (Å²) in [6.07, 6.45) is -0.216. The van der Waals surface area contributed by atoms with E-state index in [4.69, 9.17) is 16.3 Å². The van der Waals surface area contributed by atoms with Gasteiger partial charge in [-0.1, -0.05) is 47.5 Å². The molecule has 0 heterocycles. The second-order valence-corrected chi connectivity index (χ2v) is 9.26. The number of benzene rings is 3. The predicted molar refractivity (Wildman–Crippen MR) is 114 cm³/mol. The minimum absolute atomic E-state index is 0.163. The Balaban J connectivity index is 2.02. The highest BCUT2D eigenvalue weighted by atomic mass is 35.5. The van der Waals surface area contributed by atoms with Crippen molar-refractivity contribution in [1.82, 2.24) is 0 Å². The Kier molecular flexibility index (Phi) is 6.40. The molecule has 0 aromatic heterocycles. The Bertz CT molecular complexity index is 1100. The topological polar surface area (TPSA) is 60.4 Å². The fourth-order valence-electron chi connectivity index (χ4n) is 3.08. The van der Waals surface area contributed by atoms with Crippen LogP contribution < -0.4 is 4.74 Å². The van der Waals surface area contributed by atoms with Crippen LogP contribution in [0.5, 0.6) is 5.75 Å². The van der Waals surface area contributed by atoms with Gasteiger partial charge in [0.05, 0.1) is 17.3 Å². The summed E-state index contributed by atoms with van der Waals surface area (Å²) in [7, 11) is -2.30. The van der Waals surface area contributed by atoms with Crippen LogP contribution in [0.25, 0.3) is 0 Å². The van der Waals surface area contributed by atoms with E-state index in [1.807, 2.05) is 6.92 Å². The molecule has 1 unspecified atom stereocenters. The second kappa shape index (κ2) is 8.80. The van der Waals surface area contributed by atoms with Crippen LogP contribution in [0.1, 0.15) is 33.2 Å². The van der Waals surface area contributed by atoms with Crippen molar-refractivity contribution >= 4 is 27.2 Å². The van der Waals surface area contributed by atoms with Gasteiger partial charge < -0.3 is 4.74 Å². The van der Waals surface area contributed by atoms with E-state index in [0.717, 1.165) is 5.56 Å². The highest BCUT2D eigenvalue weighted by molar-refractivity contribution is 7.91. The monoisotopic (exact) mass is 428 g/mol. The van der Waals surface area contributed by atoms with E-state index in [0.29, 0.717) is 21.9 Å². The lowest BCUT2D eigenvalue weighted by molar-refractivity contribution is 0.0980. The second-order valence-electron chi connectivity index (χ2n) is 6.72. The van der Waals surface area contributed by atoms with Crippen molar-refractivity contribution in [1.29, 1.82) is 0 Å². The van der Waals surface area contributed by atoms with Crippen LogP contribution in [-0.2, 0) is 9.84 Å². The molecule has 0 saturated carbocycles. The highest BCUT2D eigenvalue weighted by Gasteiger charge is 2.33. The third kappa shape index (κ3) is 4.69. The molecule has 0 aliphatic rings. The van der Waals surface area contributed by atoms with Gasteiger partial charge in [0.1, 0.15) is 5.75 Å². The van der Waals surface area contributed by atoms with Crippen LogP contribution in [0.4, 0.5) is 0 Å². The molecule has 0 saturated heterocycles. The average Bonchev–Trinajstić information content (AvgIpc) is 2.73. The number of methoxy groups -OCH3 is 1. The summed E-state index contributed by atoms with van der Waals surface area (Å²) in [6.45, 7) is 1.88. The quantitative estimate of drug-likeness (QED) is 0.470. The summed E-state index contributed by atoms with van der Waals surface area (Å²) >= 11 is 6.31. The third-order valence-electron chi connectivity index (χ3n) is 4.76. The number of aryl methyl sites for hydroxylation is 1. The van der Waals surface area contributed by atoms with Crippen LogP contribution >= 0.6 is 11.6 Å². The number of ketones is 1. The van der Waals surface area contributed by atoms with Crippen molar-refractivity contribution in [3.63, 3.8) is 0 Å². The maximum absolute atomic E-state index is 13.4. The molecule has 0 aliphatic heterocycles. The normalized spacial score (nSPS) is 12.4. The third-order valence-corrected chi connectivity index (χ3v) is 7.20. The Labute approximate surface area is 176 Å². The molecule has 0 aliphatic carbocycles. The van der Waals surface area contributed by atoms with Gasteiger partial charge in [0.15, 0.2) is 15.6 Å². The van der Waals surface area contributed by atoms with E-state index in [9.17, 15) is 13.2 Å². The van der Waals surface area contributed by atoms with Crippen LogP contribution in [0.3, 0.4) is 0 Å². The van der Waals surface area contributed by atoms with Crippen molar-refractivity contribution in [2.24, 2.45) is 0 Å². The number of Topliss-reactive ketones (excluding diaryl/α,β-unsaturated/α-hetero) is 1. The highest BCUT2D eigenvalue weighted by Crippen LogP contribution is 2.36. The smallest absolute Gasteiger partial charge is 0.185 e. The fourth-order valence-corrected chi connectivity index (χ4v) is 5.17. The molecule has 6 heteroatoms. The molecule has 4 nitrogen and oxygen atoms in total. The van der Waals surface area contributed by atoms with E-state index < -0.39 is 15.1 Å². The summed E-state index contributed by atoms with van der Waals surface area (Å²) in [5.41, 5.74) is 1.78. The maximum Gasteiger partial charge on any atom is 0.185 e. The molecular weight excluding hydrogens is 408 g/mol. The van der Waals surface area contributed by atoms with Crippen LogP contribution in [0.2, 0.25) is 5.02 Å². The Morgan fingerprint density at radius 3 is 2.17 bits per heavy atom. The lowest BCUT2D eigenvalue weighted by Crippen LogP contribution is -2.18. The number of carbonyl (C=O) groups is 1. The molecule has 3 aromatic carbocycles. The molecular formula is C23H21ClO4S. The molecule has 0 spiro atoms. The summed E-state index contributed by atoms with van der Waals surface area (Å²) in [6, 6.07) is 19.9. The molecule has 1 atom stereocenters. The van der Waals surface area contributed by atoms with Gasteiger partial charge in [-0.05, 0) is 55.0 Å². The van der Waals surface area contributed by atoms with E-state index in [2.05, 4.69) is 0 Å². The Hall–Kier alpha value is -2.63. The summed E-state index contributed by atoms with van der Waals surface area (Å²) in [5, 5.41) is -0.774. The molecule has 150 valence electrons. The number of rotatable bonds is 7. The van der Waals surface area contributed by atoms with Gasteiger partial charge in [0, 0.05) is 17.0 Å². The lowest BCUT2D eigenvalue weighted by atomic mass is 10.0. The van der Waals surface area contributed by atoms with Gasteiger partial charge in [0.2, 0.25) is 0 Å². The first-order valence-corrected chi connectivity index (χ1v) is 11.0. The Morgan fingerprint density at radius 1 is 0.966 bits per heavy atom. The van der Waals surface area contributed by atoms with Crippen molar-refractivity contribution in [2.45, 2.75) is 23.5 Å². The first-order valence-electron chi connectivity index (χ1n) is 9.05. The first kappa shape index (κ1) is 21.1. The largest absolute Gasteiger partial charge is 0.497 e. The van der Waals surface area contributed by atoms with E-state index in [-0.39, 0.29) is 17.1 Å². The number of sulfone groups is 1. The van der Waals surface area contributed by atoms with Gasteiger partial charge in [-0.25, -0.2) is 8.42 Å². The standard InChI is InChI=1S/C23H21ClO4S/c1-16-7-13-19(14-8-16)29(26,27)23(20-5-3-4-6-21(20)24)15-22(25)17-9-11-18(28-2)12-10-17/h3-14,23H,15H2,1-2H3. The molecule has 0 fully saturated rings. The molecule has 29 heavy (non-hydrogen) atoms. The maximum atomic E-state index is 13.4. The zero-order valence-corrected chi connectivity index (χ0v) is 17.7. The van der Waals surface area contributed by atoms with E-state index >= 15 is 0 Å². The molecule has 0 N–H and O–H groups in total. The number of carbonyl (C=O) groups excluding carboxylic acids is 1. The minimum atomic E-state index is -3.84. The van der Waals surface area contributed by atoms with Gasteiger partial charge in [-0.15, -0.1) is 0 Å². The fraction of sp³-hybridized carbons (Fsp3) is 0.174. The van der Waals surface area contributed by atoms with E-state index in [1.165, 1.54) is 0 Å². The number of hydrogen-bond donors (Lipinski definition) is 0. The van der Waals surface area contributed by atoms with Crippen molar-refractivity contribution < 1.29 is 17.9 Å². The van der Waals surface area contributed by atoms with Crippen molar-refractivity contribution in [2.75, 3.05) is 7.11 Å². The summed E-state index contributed by atoms with van der Waals surface area (Å²) < 4.78 is 32.0. The van der Waals surface area contributed by atoms with Gasteiger partial charge in [0.25, 0.3) is 0 Å². The zero-order chi connectivity index (χ0) is 21.0. The average molecular weight is 429 g/mol. The van der Waals surface area contributed by atoms with Crippen LogP contribution in [0.15, 0.2) is 77.7 Å². The molecule has 0 radical (unpaired) electrons. The minimum Gasteiger partial charge on any atom is -0.497 e. The van der Waals surface area contributed by atoms with Crippen molar-refractivity contribution in [3.05, 3.63) is 94.5 Å². The van der Waals surface area contributed by atoms with Gasteiger partial charge in [-0.3, -0.25) is 4.79 Å². The zero-order valence-electron chi connectivity index (χ0n) is 16.1. The number of hydrogen-bond acceptors (Lipinski definition) is 4. The van der Waals surface area contributed by atoms with Crippen molar-refractivity contribution in [3.8, 4) is 5.75 Å². The van der Waals surface area contributed by atoms with Gasteiger partial charge >= 0.3 is 0 Å². The molecule has 3 aromatic rings. The Morgan fingerprint density at radius 2 is 1.59 bits per heavy atom. The SMILES string of the molecule is COc1ccc(C(=O)CC(c2ccccc2Cl)S(=O)(=O)c2ccc(C)cc2)cc1. The van der Waals surface area contributed by atoms with Crippen LogP contribution in [-0.4, -0.2) is 21.3 Å². The molecule has 0 amide bonds. The lowest BCUT2D eigenvalue weighted by Gasteiger charge is -2.19. The van der Waals surface area contributed by atoms with Crippen LogP contribution in [0, 0.1) is 6.92 Å². The molecule has 3 rings (SSSR count). The van der Waals surface area contributed by atoms with E-state index in [1.54, 1.807) is 79.9 Å². The van der Waals surface area contributed by atoms with Gasteiger partial charge in [-0.2, -0.15) is 0 Å². The number of halogens is 1. The predicted octanol–water partition coefficient (Wildman–Crippen LogP) is 5.45. The first-order chi connectivity index (χ1) is 13.8. The number of ether oxygens (including phenoxy) is 1.